The van der Waals surface area contributed by atoms with Gasteiger partial charge in [0.1, 0.15) is 0 Å². The Morgan fingerprint density at radius 2 is 1.39 bits per heavy atom. The number of nitrogens with one attached hydrogen (secondary N) is 1. The van der Waals surface area contributed by atoms with Gasteiger partial charge in [-0.3, -0.25) is 9.59 Å². The van der Waals surface area contributed by atoms with Crippen LogP contribution in [0.5, 0.6) is 0 Å². The van der Waals surface area contributed by atoms with E-state index in [0.717, 1.165) is 17.8 Å². The van der Waals surface area contributed by atoms with E-state index in [1.165, 1.54) is 12.1 Å². The average Bonchev–Trinajstić information content (AvgIpc) is 2.84. The number of hydrogen-bond donors (Lipinski definition) is 1. The number of alkyl halides is 3. The summed E-state index contributed by atoms with van der Waals surface area (Å²) in [4.78, 5) is 28.9. The van der Waals surface area contributed by atoms with Gasteiger partial charge in [0.15, 0.2) is 0 Å². The fourth-order valence-electron chi connectivity index (χ4n) is 3.73. The van der Waals surface area contributed by atoms with Gasteiger partial charge < -0.3 is 15.1 Å². The van der Waals surface area contributed by atoms with Crippen LogP contribution in [-0.2, 0) is 6.18 Å². The highest BCUT2D eigenvalue weighted by atomic mass is 19.4. The maximum atomic E-state index is 12.9. The molecule has 0 aromatic heterocycles. The summed E-state index contributed by atoms with van der Waals surface area (Å²) in [5.41, 5.74) is 1.17. The van der Waals surface area contributed by atoms with E-state index >= 15 is 0 Å². The van der Waals surface area contributed by atoms with Crippen molar-refractivity contribution in [3.8, 4) is 0 Å². The standard InChI is InChI=1S/C25H22F3N3O2/c26-25(27,28)20-8-4-7-19(17-20)23(32)29-21-9-11-22(12-10-21)30-13-15-31(16-14-30)24(33)18-5-2-1-3-6-18/h1-12,17H,13-16H2,(H,29,32). The molecule has 0 saturated carbocycles. The van der Waals surface area contributed by atoms with E-state index in [-0.39, 0.29) is 11.5 Å². The van der Waals surface area contributed by atoms with Crippen molar-refractivity contribution in [2.24, 2.45) is 0 Å². The van der Waals surface area contributed by atoms with Crippen LogP contribution in [0.25, 0.3) is 0 Å². The fourth-order valence-corrected chi connectivity index (χ4v) is 3.73. The van der Waals surface area contributed by atoms with Gasteiger partial charge in [0, 0.05) is 48.7 Å². The van der Waals surface area contributed by atoms with E-state index in [2.05, 4.69) is 10.2 Å². The second-order valence-corrected chi connectivity index (χ2v) is 7.72. The van der Waals surface area contributed by atoms with Gasteiger partial charge in [0.05, 0.1) is 5.56 Å². The summed E-state index contributed by atoms with van der Waals surface area (Å²) in [6.45, 7) is 2.55. The topological polar surface area (TPSA) is 52.7 Å². The van der Waals surface area contributed by atoms with Gasteiger partial charge in [0.2, 0.25) is 0 Å². The molecule has 0 spiro atoms. The Morgan fingerprint density at radius 1 is 0.758 bits per heavy atom. The van der Waals surface area contributed by atoms with E-state index in [4.69, 9.17) is 0 Å². The average molecular weight is 453 g/mol. The molecule has 1 aliphatic heterocycles. The zero-order valence-electron chi connectivity index (χ0n) is 17.7. The summed E-state index contributed by atoms with van der Waals surface area (Å²) in [7, 11) is 0. The maximum absolute atomic E-state index is 12.9. The van der Waals surface area contributed by atoms with Crippen molar-refractivity contribution in [1.29, 1.82) is 0 Å². The van der Waals surface area contributed by atoms with Gasteiger partial charge in [-0.25, -0.2) is 0 Å². The van der Waals surface area contributed by atoms with Crippen LogP contribution in [0.1, 0.15) is 26.3 Å². The highest BCUT2D eigenvalue weighted by Gasteiger charge is 2.31. The van der Waals surface area contributed by atoms with E-state index < -0.39 is 17.6 Å². The highest BCUT2D eigenvalue weighted by molar-refractivity contribution is 6.04. The van der Waals surface area contributed by atoms with Crippen molar-refractivity contribution < 1.29 is 22.8 Å². The number of rotatable bonds is 4. The molecule has 2 amide bonds. The van der Waals surface area contributed by atoms with Crippen LogP contribution in [0.4, 0.5) is 24.5 Å². The van der Waals surface area contributed by atoms with Gasteiger partial charge in [-0.2, -0.15) is 13.2 Å². The normalized spacial score (nSPS) is 14.2. The molecular formula is C25H22F3N3O2. The molecule has 4 rings (SSSR count). The number of amides is 2. The van der Waals surface area contributed by atoms with Gasteiger partial charge in [-0.15, -0.1) is 0 Å². The van der Waals surface area contributed by atoms with E-state index in [1.807, 2.05) is 35.2 Å². The van der Waals surface area contributed by atoms with Gasteiger partial charge in [-0.1, -0.05) is 24.3 Å². The van der Waals surface area contributed by atoms with Crippen LogP contribution >= 0.6 is 0 Å². The second-order valence-electron chi connectivity index (χ2n) is 7.72. The smallest absolute Gasteiger partial charge is 0.368 e. The molecule has 0 bridgehead atoms. The summed E-state index contributed by atoms with van der Waals surface area (Å²) in [6.07, 6.45) is -4.51. The van der Waals surface area contributed by atoms with Crippen molar-refractivity contribution in [2.75, 3.05) is 36.4 Å². The van der Waals surface area contributed by atoms with Gasteiger partial charge >= 0.3 is 6.18 Å². The first-order valence-corrected chi connectivity index (χ1v) is 10.5. The van der Waals surface area contributed by atoms with Crippen LogP contribution < -0.4 is 10.2 Å². The molecule has 1 heterocycles. The summed E-state index contributed by atoms with van der Waals surface area (Å²) in [5.74, 6) is -0.593. The molecule has 3 aromatic rings. The molecule has 1 saturated heterocycles. The zero-order valence-corrected chi connectivity index (χ0v) is 17.7. The Morgan fingerprint density at radius 3 is 2.03 bits per heavy atom. The van der Waals surface area contributed by atoms with Gasteiger partial charge in [-0.05, 0) is 54.6 Å². The number of nitrogens with zero attached hydrogens (tertiary/aromatic N) is 2. The first-order chi connectivity index (χ1) is 15.8. The minimum Gasteiger partial charge on any atom is -0.368 e. The van der Waals surface area contributed by atoms with Crippen molar-refractivity contribution in [3.05, 3.63) is 95.6 Å². The van der Waals surface area contributed by atoms with Crippen molar-refractivity contribution in [3.63, 3.8) is 0 Å². The Labute approximate surface area is 189 Å². The molecule has 1 N–H and O–H groups in total. The van der Waals surface area contributed by atoms with Crippen LogP contribution in [0.2, 0.25) is 0 Å². The number of carbonyl (C=O) groups excluding carboxylic acids is 2. The van der Waals surface area contributed by atoms with Gasteiger partial charge in [0.25, 0.3) is 11.8 Å². The van der Waals surface area contributed by atoms with E-state index in [0.29, 0.717) is 37.4 Å². The molecule has 5 nitrogen and oxygen atoms in total. The molecule has 0 atom stereocenters. The number of halogens is 3. The molecule has 8 heteroatoms. The summed E-state index contributed by atoms with van der Waals surface area (Å²) in [6, 6.07) is 20.6. The lowest BCUT2D eigenvalue weighted by Crippen LogP contribution is -2.48. The van der Waals surface area contributed by atoms with Crippen LogP contribution in [0, 0.1) is 0 Å². The number of carbonyl (C=O) groups is 2. The lowest BCUT2D eigenvalue weighted by molar-refractivity contribution is -0.137. The van der Waals surface area contributed by atoms with Crippen LogP contribution in [0.15, 0.2) is 78.9 Å². The fraction of sp³-hybridized carbons (Fsp3) is 0.200. The number of benzene rings is 3. The highest BCUT2D eigenvalue weighted by Crippen LogP contribution is 2.29. The molecule has 33 heavy (non-hydrogen) atoms. The molecule has 1 fully saturated rings. The Balaban J connectivity index is 1.34. The summed E-state index contributed by atoms with van der Waals surface area (Å²) < 4.78 is 38.6. The zero-order chi connectivity index (χ0) is 23.4. The van der Waals surface area contributed by atoms with Crippen molar-refractivity contribution in [2.45, 2.75) is 6.18 Å². The minimum absolute atomic E-state index is 0.0166. The van der Waals surface area contributed by atoms with Crippen molar-refractivity contribution >= 4 is 23.2 Å². The van der Waals surface area contributed by atoms with E-state index in [1.54, 1.807) is 24.3 Å². The summed E-state index contributed by atoms with van der Waals surface area (Å²) in [5, 5.41) is 2.63. The second kappa shape index (κ2) is 9.36. The largest absolute Gasteiger partial charge is 0.416 e. The van der Waals surface area contributed by atoms with E-state index in [9.17, 15) is 22.8 Å². The van der Waals surface area contributed by atoms with Crippen LogP contribution in [-0.4, -0.2) is 42.9 Å². The summed E-state index contributed by atoms with van der Waals surface area (Å²) >= 11 is 0. The predicted octanol–water partition coefficient (Wildman–Crippen LogP) is 4.92. The third kappa shape index (κ3) is 5.34. The number of piperazine rings is 1. The molecule has 0 aliphatic carbocycles. The Kier molecular flexibility index (Phi) is 6.35. The SMILES string of the molecule is O=C(Nc1ccc(N2CCN(C(=O)c3ccccc3)CC2)cc1)c1cccc(C(F)(F)F)c1. The lowest BCUT2D eigenvalue weighted by Gasteiger charge is -2.36. The minimum atomic E-state index is -4.51. The molecule has 3 aromatic carbocycles. The Hall–Kier alpha value is -3.81. The van der Waals surface area contributed by atoms with Crippen molar-refractivity contribution in [1.82, 2.24) is 4.90 Å². The predicted molar refractivity (Wildman–Crippen MR) is 120 cm³/mol. The lowest BCUT2D eigenvalue weighted by atomic mass is 10.1. The first kappa shape index (κ1) is 22.4. The molecule has 0 unspecified atom stereocenters. The molecule has 0 radical (unpaired) electrons. The molecule has 1 aliphatic rings. The Bertz CT molecular complexity index is 1120. The number of anilines is 2. The number of hydrogen-bond acceptors (Lipinski definition) is 3. The molecular weight excluding hydrogens is 431 g/mol. The quantitative estimate of drug-likeness (QED) is 0.610. The first-order valence-electron chi connectivity index (χ1n) is 10.5. The monoisotopic (exact) mass is 453 g/mol. The third-order valence-corrected chi connectivity index (χ3v) is 5.53. The third-order valence-electron chi connectivity index (χ3n) is 5.53. The van der Waals surface area contributed by atoms with Crippen LogP contribution in [0.3, 0.4) is 0 Å². The maximum Gasteiger partial charge on any atom is 0.416 e. The molecule has 170 valence electrons.